The molecule has 0 saturated heterocycles. The van der Waals surface area contributed by atoms with Gasteiger partial charge in [0.2, 0.25) is 5.91 Å². The number of rotatable bonds is 8. The Morgan fingerprint density at radius 2 is 1.80 bits per heavy atom. The first kappa shape index (κ1) is 28.0. The van der Waals surface area contributed by atoms with Crippen molar-refractivity contribution in [2.24, 2.45) is 16.8 Å². The van der Waals surface area contributed by atoms with Crippen molar-refractivity contribution in [1.29, 1.82) is 5.26 Å². The van der Waals surface area contributed by atoms with E-state index in [0.717, 1.165) is 54.8 Å². The fourth-order valence-corrected chi connectivity index (χ4v) is 5.57. The molecule has 3 aromatic rings. The van der Waals surface area contributed by atoms with Gasteiger partial charge >= 0.3 is 6.01 Å². The van der Waals surface area contributed by atoms with Crippen LogP contribution in [0.2, 0.25) is 0 Å². The van der Waals surface area contributed by atoms with Crippen molar-refractivity contribution in [3.8, 4) is 23.3 Å². The Morgan fingerprint density at radius 1 is 1.05 bits per heavy atom. The summed E-state index contributed by atoms with van der Waals surface area (Å²) >= 11 is 0. The SMILES string of the molecule is COc1ncc(-c2cnc(C(C(=O)N(C)C)C3CCC(Cc4ncc(C#N)c(C5=NCC=C5C)n4)CC3)cn2)cn1. The van der Waals surface area contributed by atoms with Gasteiger partial charge in [0.1, 0.15) is 17.6 Å². The van der Waals surface area contributed by atoms with Crippen LogP contribution < -0.4 is 4.74 Å². The average Bonchev–Trinajstić information content (AvgIpc) is 3.44. The van der Waals surface area contributed by atoms with Crippen molar-refractivity contribution in [3.05, 3.63) is 65.4 Å². The molecule has 1 aliphatic carbocycles. The molecular formula is C30H33N9O2. The zero-order chi connectivity index (χ0) is 28.9. The number of carbonyl (C=O) groups excluding carboxylic acids is 1. The highest BCUT2D eigenvalue weighted by atomic mass is 16.5. The van der Waals surface area contributed by atoms with E-state index >= 15 is 0 Å². The molecule has 1 saturated carbocycles. The number of likely N-dealkylation sites (N-methyl/N-ethyl adjacent to an activating group) is 1. The number of methoxy groups -OCH3 is 1. The summed E-state index contributed by atoms with van der Waals surface area (Å²) in [5.41, 5.74) is 4.92. The smallest absolute Gasteiger partial charge is 0.316 e. The van der Waals surface area contributed by atoms with Gasteiger partial charge in [0, 0.05) is 50.9 Å². The summed E-state index contributed by atoms with van der Waals surface area (Å²) in [6.07, 6.45) is 14.7. The van der Waals surface area contributed by atoms with Crippen molar-refractivity contribution in [3.63, 3.8) is 0 Å². The van der Waals surface area contributed by atoms with E-state index in [0.29, 0.717) is 35.1 Å². The predicted octanol–water partition coefficient (Wildman–Crippen LogP) is 3.57. The van der Waals surface area contributed by atoms with Crippen LogP contribution in [-0.4, -0.2) is 74.2 Å². The minimum atomic E-state index is -0.368. The van der Waals surface area contributed by atoms with Crippen molar-refractivity contribution in [2.45, 2.75) is 44.9 Å². The number of hydrogen-bond acceptors (Lipinski definition) is 10. The van der Waals surface area contributed by atoms with E-state index in [9.17, 15) is 10.1 Å². The van der Waals surface area contributed by atoms with Crippen LogP contribution in [-0.2, 0) is 11.2 Å². The molecule has 0 aromatic carbocycles. The van der Waals surface area contributed by atoms with E-state index in [4.69, 9.17) is 9.72 Å². The van der Waals surface area contributed by atoms with Crippen molar-refractivity contribution < 1.29 is 9.53 Å². The first-order valence-electron chi connectivity index (χ1n) is 13.7. The Labute approximate surface area is 239 Å². The summed E-state index contributed by atoms with van der Waals surface area (Å²) in [5, 5.41) is 9.57. The summed E-state index contributed by atoms with van der Waals surface area (Å²) in [5.74, 6) is 0.947. The lowest BCUT2D eigenvalue weighted by atomic mass is 9.73. The molecule has 0 spiro atoms. The second kappa shape index (κ2) is 12.3. The van der Waals surface area contributed by atoms with E-state index in [1.807, 2.05) is 13.0 Å². The molecule has 1 atom stereocenters. The summed E-state index contributed by atoms with van der Waals surface area (Å²) in [7, 11) is 5.08. The molecule has 11 heteroatoms. The highest BCUT2D eigenvalue weighted by Crippen LogP contribution is 2.39. The van der Waals surface area contributed by atoms with E-state index in [2.05, 4.69) is 36.0 Å². The molecule has 0 N–H and O–H groups in total. The second-order valence-electron chi connectivity index (χ2n) is 10.7. The summed E-state index contributed by atoms with van der Waals surface area (Å²) in [6.45, 7) is 2.61. The van der Waals surface area contributed by atoms with Gasteiger partial charge in [0.15, 0.2) is 0 Å². The van der Waals surface area contributed by atoms with E-state index in [1.165, 1.54) is 7.11 Å². The quantitative estimate of drug-likeness (QED) is 0.410. The third-order valence-electron chi connectivity index (χ3n) is 7.84. The molecule has 2 aliphatic rings. The maximum atomic E-state index is 13.4. The van der Waals surface area contributed by atoms with Crippen molar-refractivity contribution in [1.82, 2.24) is 34.8 Å². The van der Waals surface area contributed by atoms with Crippen LogP contribution in [0.5, 0.6) is 6.01 Å². The molecule has 3 aromatic heterocycles. The molecule has 1 amide bonds. The molecular weight excluding hydrogens is 518 g/mol. The third kappa shape index (κ3) is 6.11. The monoisotopic (exact) mass is 551 g/mol. The average molecular weight is 552 g/mol. The number of carbonyl (C=O) groups is 1. The van der Waals surface area contributed by atoms with Crippen LogP contribution in [0.4, 0.5) is 0 Å². The van der Waals surface area contributed by atoms with E-state index < -0.39 is 0 Å². The fourth-order valence-electron chi connectivity index (χ4n) is 5.57. The number of amides is 1. The van der Waals surface area contributed by atoms with Crippen LogP contribution in [0.25, 0.3) is 11.3 Å². The van der Waals surface area contributed by atoms with Crippen LogP contribution in [0.3, 0.4) is 0 Å². The summed E-state index contributed by atoms with van der Waals surface area (Å²) in [6, 6.07) is 2.49. The number of aromatic nitrogens is 6. The molecule has 11 nitrogen and oxygen atoms in total. The standard InChI is InChI=1S/C30H33N9O2/c1-18-9-10-32-27(18)28-21(12-31)13-35-25(38-28)11-19-5-7-20(8-6-19)26(29(40)39(2)3)24-17-33-23(16-34-24)22-14-36-30(41-4)37-15-22/h9,13-17,19-20,26H,5-8,10-11H2,1-4H3. The first-order chi connectivity index (χ1) is 19.9. The predicted molar refractivity (Wildman–Crippen MR) is 152 cm³/mol. The number of hydrogen-bond donors (Lipinski definition) is 0. The Balaban J connectivity index is 1.28. The lowest BCUT2D eigenvalue weighted by Crippen LogP contribution is -2.35. The van der Waals surface area contributed by atoms with E-state index in [1.54, 1.807) is 50.0 Å². The molecule has 210 valence electrons. The highest BCUT2D eigenvalue weighted by molar-refractivity contribution is 6.13. The molecule has 1 fully saturated rings. The Bertz CT molecular complexity index is 1500. The molecule has 4 heterocycles. The zero-order valence-electron chi connectivity index (χ0n) is 23.8. The van der Waals surface area contributed by atoms with Gasteiger partial charge in [-0.05, 0) is 50.0 Å². The topological polar surface area (TPSA) is 143 Å². The van der Waals surface area contributed by atoms with Crippen LogP contribution in [0, 0.1) is 23.2 Å². The largest absolute Gasteiger partial charge is 0.467 e. The zero-order valence-corrected chi connectivity index (χ0v) is 23.8. The molecule has 1 unspecified atom stereocenters. The molecule has 1 aliphatic heterocycles. The minimum Gasteiger partial charge on any atom is -0.467 e. The Hall–Kier alpha value is -4.59. The van der Waals surface area contributed by atoms with Crippen LogP contribution in [0.1, 0.15) is 61.3 Å². The first-order valence-corrected chi connectivity index (χ1v) is 13.7. The number of aliphatic imine (C=N–C) groups is 1. The number of nitrogens with zero attached hydrogens (tertiary/aromatic N) is 9. The molecule has 41 heavy (non-hydrogen) atoms. The summed E-state index contributed by atoms with van der Waals surface area (Å²) < 4.78 is 5.03. The van der Waals surface area contributed by atoms with Gasteiger partial charge in [-0.1, -0.05) is 6.08 Å². The van der Waals surface area contributed by atoms with Gasteiger partial charge in [-0.2, -0.15) is 5.26 Å². The molecule has 5 rings (SSSR count). The minimum absolute atomic E-state index is 0.0316. The summed E-state index contributed by atoms with van der Waals surface area (Å²) in [4.78, 5) is 46.3. The van der Waals surface area contributed by atoms with Crippen molar-refractivity contribution in [2.75, 3.05) is 27.7 Å². The van der Waals surface area contributed by atoms with Crippen LogP contribution in [0.15, 0.2) is 47.6 Å². The number of ether oxygens (including phenoxy) is 1. The normalized spacial score (nSPS) is 19.1. The Morgan fingerprint density at radius 3 is 2.39 bits per heavy atom. The van der Waals surface area contributed by atoms with Gasteiger partial charge in [-0.25, -0.2) is 19.9 Å². The van der Waals surface area contributed by atoms with E-state index in [-0.39, 0.29) is 23.8 Å². The van der Waals surface area contributed by atoms with Crippen molar-refractivity contribution >= 4 is 11.6 Å². The van der Waals surface area contributed by atoms with Gasteiger partial charge in [0.25, 0.3) is 0 Å². The van der Waals surface area contributed by atoms with Gasteiger partial charge in [-0.3, -0.25) is 19.8 Å². The number of allylic oxidation sites excluding steroid dienone is 1. The maximum Gasteiger partial charge on any atom is 0.316 e. The lowest BCUT2D eigenvalue weighted by Gasteiger charge is -2.34. The second-order valence-corrected chi connectivity index (χ2v) is 10.7. The molecule has 0 radical (unpaired) electrons. The van der Waals surface area contributed by atoms with Gasteiger partial charge in [-0.15, -0.1) is 0 Å². The van der Waals surface area contributed by atoms with Crippen LogP contribution >= 0.6 is 0 Å². The highest BCUT2D eigenvalue weighted by Gasteiger charge is 2.35. The maximum absolute atomic E-state index is 13.4. The Kier molecular flexibility index (Phi) is 8.38. The van der Waals surface area contributed by atoms with Gasteiger partial charge < -0.3 is 9.64 Å². The fraction of sp³-hybridized carbons (Fsp3) is 0.433. The van der Waals surface area contributed by atoms with Gasteiger partial charge in [0.05, 0.1) is 48.4 Å². The number of nitriles is 1. The third-order valence-corrected chi connectivity index (χ3v) is 7.84. The lowest BCUT2D eigenvalue weighted by molar-refractivity contribution is -0.132. The molecule has 0 bridgehead atoms.